The van der Waals surface area contributed by atoms with Crippen molar-refractivity contribution in [2.24, 2.45) is 0 Å². The van der Waals surface area contributed by atoms with Gasteiger partial charge in [0.1, 0.15) is 11.4 Å². The summed E-state index contributed by atoms with van der Waals surface area (Å²) in [6.45, 7) is 1.68. The lowest BCUT2D eigenvalue weighted by Crippen LogP contribution is -2.04. The number of carboxylic acids is 1. The molecule has 84 valence electrons. The van der Waals surface area contributed by atoms with E-state index in [4.69, 9.17) is 9.84 Å². The summed E-state index contributed by atoms with van der Waals surface area (Å²) in [5, 5.41) is 9.08. The van der Waals surface area contributed by atoms with Gasteiger partial charge < -0.3 is 9.84 Å². The molecule has 0 saturated heterocycles. The highest BCUT2D eigenvalue weighted by Gasteiger charge is 2.16. The summed E-state index contributed by atoms with van der Waals surface area (Å²) in [6, 6.07) is 1.72. The van der Waals surface area contributed by atoms with Gasteiger partial charge in [0.05, 0.1) is 16.4 Å². The molecule has 0 aromatic carbocycles. The Morgan fingerprint density at radius 2 is 2.31 bits per heavy atom. The van der Waals surface area contributed by atoms with Gasteiger partial charge in [0, 0.05) is 12.3 Å². The highest BCUT2D eigenvalue weighted by molar-refractivity contribution is 14.1. The van der Waals surface area contributed by atoms with Crippen LogP contribution in [0.5, 0.6) is 5.75 Å². The summed E-state index contributed by atoms with van der Waals surface area (Å²) in [5.41, 5.74) is 1.26. The van der Waals surface area contributed by atoms with Crippen LogP contribution in [0.2, 0.25) is 0 Å². The van der Waals surface area contributed by atoms with E-state index >= 15 is 0 Å². The topological polar surface area (TPSA) is 63.8 Å². The van der Waals surface area contributed by atoms with Gasteiger partial charge in [-0.2, -0.15) is 0 Å². The van der Waals surface area contributed by atoms with E-state index in [1.165, 1.54) is 0 Å². The van der Waals surface area contributed by atoms with Crippen molar-refractivity contribution in [2.45, 2.75) is 6.92 Å². The molecule has 0 aliphatic carbocycles. The predicted octanol–water partition coefficient (Wildman–Crippen LogP) is 1.95. The number of nitrogens with zero attached hydrogens (tertiary/aromatic N) is 2. The zero-order chi connectivity index (χ0) is 11.9. The number of imidazole rings is 1. The molecule has 6 heteroatoms. The first-order chi connectivity index (χ1) is 7.54. The van der Waals surface area contributed by atoms with Crippen molar-refractivity contribution in [3.8, 4) is 5.75 Å². The summed E-state index contributed by atoms with van der Waals surface area (Å²) in [7, 11) is 1.57. The molecule has 2 heterocycles. The second kappa shape index (κ2) is 3.93. The van der Waals surface area contributed by atoms with Gasteiger partial charge in [-0.1, -0.05) is 0 Å². The Morgan fingerprint density at radius 1 is 1.62 bits per heavy atom. The molecule has 0 fully saturated rings. The Bertz CT molecular complexity index is 577. The third-order valence-corrected chi connectivity index (χ3v) is 3.08. The summed E-state index contributed by atoms with van der Waals surface area (Å²) < 4.78 is 7.55. The molecule has 0 bridgehead atoms. The van der Waals surface area contributed by atoms with Gasteiger partial charge in [0.25, 0.3) is 0 Å². The average molecular weight is 332 g/mol. The van der Waals surface area contributed by atoms with Crippen molar-refractivity contribution in [3.63, 3.8) is 0 Å². The number of hydrogen-bond donors (Lipinski definition) is 1. The first kappa shape index (κ1) is 11.2. The number of pyridine rings is 1. The number of aryl methyl sites for hydroxylation is 1. The summed E-state index contributed by atoms with van der Waals surface area (Å²) >= 11 is 2.09. The molecular weight excluding hydrogens is 323 g/mol. The number of aromatic nitrogens is 2. The molecule has 0 spiro atoms. The highest BCUT2D eigenvalue weighted by Crippen LogP contribution is 2.24. The molecule has 0 radical (unpaired) electrons. The number of aromatic carboxylic acids is 1. The first-order valence-electron chi connectivity index (χ1n) is 4.50. The van der Waals surface area contributed by atoms with Crippen molar-refractivity contribution in [1.29, 1.82) is 0 Å². The van der Waals surface area contributed by atoms with Gasteiger partial charge in [-0.3, -0.25) is 4.40 Å². The Morgan fingerprint density at radius 3 is 2.88 bits per heavy atom. The van der Waals surface area contributed by atoms with Crippen LogP contribution in [-0.2, 0) is 0 Å². The van der Waals surface area contributed by atoms with Crippen molar-refractivity contribution in [2.75, 3.05) is 7.11 Å². The van der Waals surface area contributed by atoms with Gasteiger partial charge in [0.15, 0.2) is 5.69 Å². The molecule has 0 atom stereocenters. The number of rotatable bonds is 2. The molecule has 0 saturated carbocycles. The van der Waals surface area contributed by atoms with Crippen LogP contribution in [0, 0.1) is 10.5 Å². The zero-order valence-electron chi connectivity index (χ0n) is 8.69. The van der Waals surface area contributed by atoms with Crippen LogP contribution in [0.15, 0.2) is 12.3 Å². The van der Waals surface area contributed by atoms with Crippen molar-refractivity contribution >= 4 is 34.2 Å². The number of halogens is 1. The second-order valence-electron chi connectivity index (χ2n) is 3.27. The highest BCUT2D eigenvalue weighted by atomic mass is 127. The van der Waals surface area contributed by atoms with Gasteiger partial charge in [-0.25, -0.2) is 9.78 Å². The summed E-state index contributed by atoms with van der Waals surface area (Å²) in [5.74, 6) is -0.291. The molecule has 5 nitrogen and oxygen atoms in total. The number of hydrogen-bond acceptors (Lipinski definition) is 3. The van der Waals surface area contributed by atoms with Crippen LogP contribution in [-0.4, -0.2) is 27.6 Å². The van der Waals surface area contributed by atoms with E-state index in [0.29, 0.717) is 17.1 Å². The van der Waals surface area contributed by atoms with Crippen LogP contribution < -0.4 is 4.74 Å². The molecule has 0 aliphatic heterocycles. The Hall–Kier alpha value is -1.31. The van der Waals surface area contributed by atoms with E-state index in [1.54, 1.807) is 30.7 Å². The Balaban J connectivity index is 2.81. The van der Waals surface area contributed by atoms with E-state index in [1.807, 2.05) is 0 Å². The van der Waals surface area contributed by atoms with E-state index in [2.05, 4.69) is 27.6 Å². The molecular formula is C10H9IN2O3. The molecule has 1 N–H and O–H groups in total. The molecule has 0 amide bonds. The van der Waals surface area contributed by atoms with Crippen LogP contribution in [0.4, 0.5) is 0 Å². The normalized spacial score (nSPS) is 10.7. The fourth-order valence-electron chi connectivity index (χ4n) is 1.58. The fraction of sp³-hybridized carbons (Fsp3) is 0.200. The Labute approximate surface area is 105 Å². The summed E-state index contributed by atoms with van der Waals surface area (Å²) in [6.07, 6.45) is 1.71. The number of fused-ring (bicyclic) bond motifs is 1. The van der Waals surface area contributed by atoms with Crippen molar-refractivity contribution < 1.29 is 14.6 Å². The van der Waals surface area contributed by atoms with Crippen LogP contribution >= 0.6 is 22.6 Å². The van der Waals surface area contributed by atoms with Crippen LogP contribution in [0.1, 0.15) is 16.2 Å². The number of methoxy groups -OCH3 is 1. The number of ether oxygens (including phenoxy) is 1. The fourth-order valence-corrected chi connectivity index (χ4v) is 2.23. The standard InChI is InChI=1S/C10H9IN2O3/c1-5-9(10(14)15)13-4-6(11)7(16-2)3-8(13)12-5/h3-4H,1-2H3,(H,14,15). The third-order valence-electron chi connectivity index (χ3n) is 2.27. The minimum Gasteiger partial charge on any atom is -0.495 e. The molecule has 0 aliphatic rings. The lowest BCUT2D eigenvalue weighted by atomic mass is 10.3. The maximum Gasteiger partial charge on any atom is 0.354 e. The maximum absolute atomic E-state index is 11.1. The second-order valence-corrected chi connectivity index (χ2v) is 4.43. The molecule has 2 aromatic heterocycles. The Kier molecular flexibility index (Phi) is 2.75. The maximum atomic E-state index is 11.1. The average Bonchev–Trinajstić information content (AvgIpc) is 2.51. The van der Waals surface area contributed by atoms with E-state index in [0.717, 1.165) is 3.57 Å². The minimum absolute atomic E-state index is 0.190. The lowest BCUT2D eigenvalue weighted by molar-refractivity contribution is 0.0688. The summed E-state index contributed by atoms with van der Waals surface area (Å²) in [4.78, 5) is 15.3. The lowest BCUT2D eigenvalue weighted by Gasteiger charge is -2.04. The van der Waals surface area contributed by atoms with Gasteiger partial charge >= 0.3 is 5.97 Å². The number of carboxylic acid groups (broad SMARTS) is 1. The smallest absolute Gasteiger partial charge is 0.354 e. The minimum atomic E-state index is -0.981. The molecule has 2 rings (SSSR count). The SMILES string of the molecule is COc1cc2nc(C)c(C(=O)O)n2cc1I. The first-order valence-corrected chi connectivity index (χ1v) is 5.58. The van der Waals surface area contributed by atoms with Crippen LogP contribution in [0.3, 0.4) is 0 Å². The predicted molar refractivity (Wildman–Crippen MR) is 66.2 cm³/mol. The van der Waals surface area contributed by atoms with Crippen LogP contribution in [0.25, 0.3) is 5.65 Å². The van der Waals surface area contributed by atoms with Gasteiger partial charge in [0.2, 0.25) is 0 Å². The quantitative estimate of drug-likeness (QED) is 0.854. The molecule has 16 heavy (non-hydrogen) atoms. The molecule has 0 unspecified atom stereocenters. The van der Waals surface area contributed by atoms with E-state index < -0.39 is 5.97 Å². The van der Waals surface area contributed by atoms with Gasteiger partial charge in [-0.05, 0) is 29.5 Å². The third kappa shape index (κ3) is 1.62. The van der Waals surface area contributed by atoms with Gasteiger partial charge in [-0.15, -0.1) is 0 Å². The van der Waals surface area contributed by atoms with Crippen molar-refractivity contribution in [1.82, 2.24) is 9.38 Å². The largest absolute Gasteiger partial charge is 0.495 e. The van der Waals surface area contributed by atoms with Crippen molar-refractivity contribution in [3.05, 3.63) is 27.2 Å². The zero-order valence-corrected chi connectivity index (χ0v) is 10.8. The monoisotopic (exact) mass is 332 g/mol. The molecule has 2 aromatic rings. The van der Waals surface area contributed by atoms with E-state index in [9.17, 15) is 4.79 Å². The number of carbonyl (C=O) groups is 1. The van der Waals surface area contributed by atoms with E-state index in [-0.39, 0.29) is 5.69 Å².